The summed E-state index contributed by atoms with van der Waals surface area (Å²) in [5, 5.41) is 13.4. The van der Waals surface area contributed by atoms with Crippen molar-refractivity contribution in [3.63, 3.8) is 0 Å². The molecule has 0 radical (unpaired) electrons. The van der Waals surface area contributed by atoms with Crippen LogP contribution < -0.4 is 10.1 Å². The Balaban J connectivity index is 1.35. The van der Waals surface area contributed by atoms with Crippen LogP contribution in [-0.2, 0) is 17.8 Å². The summed E-state index contributed by atoms with van der Waals surface area (Å²) in [6.07, 6.45) is 3.20. The second kappa shape index (κ2) is 7.66. The highest BCUT2D eigenvalue weighted by Gasteiger charge is 2.38. The quantitative estimate of drug-likeness (QED) is 0.843. The van der Waals surface area contributed by atoms with Gasteiger partial charge < -0.3 is 15.2 Å². The van der Waals surface area contributed by atoms with Crippen LogP contribution in [0.3, 0.4) is 0 Å². The van der Waals surface area contributed by atoms with Gasteiger partial charge in [-0.3, -0.25) is 14.7 Å². The smallest absolute Gasteiger partial charge is 0.217 e. The third-order valence-corrected chi connectivity index (χ3v) is 5.42. The van der Waals surface area contributed by atoms with Gasteiger partial charge in [0, 0.05) is 38.3 Å². The molecule has 1 aliphatic heterocycles. The number of ether oxygens (including phenoxy) is 1. The van der Waals surface area contributed by atoms with Gasteiger partial charge in [-0.25, -0.2) is 0 Å². The van der Waals surface area contributed by atoms with Crippen LogP contribution in [0.2, 0.25) is 0 Å². The molecular formula is C21H25N3O3. The average Bonchev–Trinajstić information content (AvgIpc) is 3.25. The summed E-state index contributed by atoms with van der Waals surface area (Å²) in [6, 6.07) is 12.0. The fraction of sp³-hybridized carbons (Fsp3) is 0.429. The minimum absolute atomic E-state index is 0.0781. The topological polar surface area (TPSA) is 74.7 Å². The fourth-order valence-corrected chi connectivity index (χ4v) is 4.07. The predicted molar refractivity (Wildman–Crippen MR) is 101 cm³/mol. The molecular weight excluding hydrogens is 342 g/mol. The van der Waals surface area contributed by atoms with E-state index in [1.54, 1.807) is 6.20 Å². The van der Waals surface area contributed by atoms with Crippen molar-refractivity contribution < 1.29 is 14.6 Å². The number of carbonyl (C=O) groups is 1. The van der Waals surface area contributed by atoms with Crippen LogP contribution in [0, 0.1) is 0 Å². The van der Waals surface area contributed by atoms with Gasteiger partial charge in [0.05, 0.1) is 18.3 Å². The molecule has 1 fully saturated rings. The lowest BCUT2D eigenvalue weighted by molar-refractivity contribution is -0.119. The normalized spacial score (nSPS) is 24.6. The van der Waals surface area contributed by atoms with E-state index in [4.69, 9.17) is 4.74 Å². The van der Waals surface area contributed by atoms with Crippen molar-refractivity contribution >= 4 is 5.91 Å². The number of hydrogen-bond donors (Lipinski definition) is 2. The largest absolute Gasteiger partial charge is 0.489 e. The van der Waals surface area contributed by atoms with Gasteiger partial charge in [-0.1, -0.05) is 24.3 Å². The van der Waals surface area contributed by atoms with Crippen LogP contribution in [0.25, 0.3) is 0 Å². The van der Waals surface area contributed by atoms with Gasteiger partial charge in [-0.15, -0.1) is 0 Å². The molecule has 1 saturated heterocycles. The first-order valence-electron chi connectivity index (χ1n) is 9.46. The number of nitrogens with one attached hydrogen (secondary N) is 1. The maximum absolute atomic E-state index is 11.1. The third-order valence-electron chi connectivity index (χ3n) is 5.42. The molecule has 4 rings (SSSR count). The number of nitrogens with zero attached hydrogens (tertiary/aromatic N) is 2. The van der Waals surface area contributed by atoms with E-state index >= 15 is 0 Å². The van der Waals surface area contributed by atoms with Crippen molar-refractivity contribution in [2.24, 2.45) is 0 Å². The first-order valence-corrected chi connectivity index (χ1v) is 9.46. The number of benzene rings is 1. The molecule has 2 heterocycles. The number of aliphatic hydroxyl groups excluding tert-OH is 1. The molecule has 0 bridgehead atoms. The lowest BCUT2D eigenvalue weighted by Gasteiger charge is -2.26. The Labute approximate surface area is 159 Å². The number of hydrogen-bond acceptors (Lipinski definition) is 5. The SMILES string of the molecule is CC(=O)NCc1cc(OC2CCN(C3Cc4ccccc4C3O)C2)ccn1. The highest BCUT2D eigenvalue weighted by molar-refractivity contribution is 5.72. The molecule has 0 spiro atoms. The molecule has 3 atom stereocenters. The number of pyridine rings is 1. The molecule has 2 N–H and O–H groups in total. The zero-order valence-corrected chi connectivity index (χ0v) is 15.5. The zero-order valence-electron chi connectivity index (χ0n) is 15.5. The number of likely N-dealkylation sites (tertiary alicyclic amines) is 1. The molecule has 1 aromatic heterocycles. The Hall–Kier alpha value is -2.44. The standard InChI is InChI=1S/C21H25N3O3/c1-14(25)23-12-16-11-17(6-8-22-16)27-18-7-9-24(13-18)20-10-15-4-2-3-5-19(15)21(20)26/h2-6,8,11,18,20-21,26H,7,9-10,12-13H2,1H3,(H,23,25). The molecule has 1 aliphatic carbocycles. The maximum atomic E-state index is 11.1. The van der Waals surface area contributed by atoms with Gasteiger partial charge in [0.2, 0.25) is 5.91 Å². The number of rotatable bonds is 5. The van der Waals surface area contributed by atoms with E-state index in [2.05, 4.69) is 21.3 Å². The van der Waals surface area contributed by atoms with Crippen LogP contribution in [0.5, 0.6) is 5.75 Å². The highest BCUT2D eigenvalue weighted by atomic mass is 16.5. The molecule has 6 heteroatoms. The second-order valence-electron chi connectivity index (χ2n) is 7.33. The molecule has 2 aliphatic rings. The molecule has 1 amide bonds. The van der Waals surface area contributed by atoms with Crippen LogP contribution in [0.1, 0.15) is 36.3 Å². The Bertz CT molecular complexity index is 826. The molecule has 3 unspecified atom stereocenters. The van der Waals surface area contributed by atoms with Crippen molar-refractivity contribution in [1.82, 2.24) is 15.2 Å². The minimum atomic E-state index is -0.426. The van der Waals surface area contributed by atoms with Crippen molar-refractivity contribution in [2.75, 3.05) is 13.1 Å². The second-order valence-corrected chi connectivity index (χ2v) is 7.33. The van der Waals surface area contributed by atoms with E-state index in [0.717, 1.165) is 42.9 Å². The summed E-state index contributed by atoms with van der Waals surface area (Å²) < 4.78 is 6.15. The number of fused-ring (bicyclic) bond motifs is 1. The van der Waals surface area contributed by atoms with E-state index in [-0.39, 0.29) is 18.1 Å². The first kappa shape index (κ1) is 17.9. The third kappa shape index (κ3) is 3.96. The van der Waals surface area contributed by atoms with Gasteiger partial charge in [0.1, 0.15) is 11.9 Å². The summed E-state index contributed by atoms with van der Waals surface area (Å²) in [4.78, 5) is 17.7. The highest BCUT2D eigenvalue weighted by Crippen LogP contribution is 2.36. The molecule has 1 aromatic carbocycles. The van der Waals surface area contributed by atoms with Crippen LogP contribution in [0.15, 0.2) is 42.6 Å². The molecule has 27 heavy (non-hydrogen) atoms. The van der Waals surface area contributed by atoms with E-state index in [0.29, 0.717) is 6.54 Å². The molecule has 142 valence electrons. The van der Waals surface area contributed by atoms with Gasteiger partial charge in [-0.05, 0) is 30.0 Å². The van der Waals surface area contributed by atoms with Gasteiger partial charge in [-0.2, -0.15) is 0 Å². The average molecular weight is 367 g/mol. The molecule has 2 aromatic rings. The molecule has 6 nitrogen and oxygen atoms in total. The summed E-state index contributed by atoms with van der Waals surface area (Å²) in [5.74, 6) is 0.693. The Morgan fingerprint density at radius 2 is 2.22 bits per heavy atom. The Kier molecular flexibility index (Phi) is 5.09. The molecule has 0 saturated carbocycles. The zero-order chi connectivity index (χ0) is 18.8. The van der Waals surface area contributed by atoms with E-state index in [1.807, 2.05) is 30.3 Å². The Morgan fingerprint density at radius 1 is 1.37 bits per heavy atom. The monoisotopic (exact) mass is 367 g/mol. The van der Waals surface area contributed by atoms with E-state index < -0.39 is 6.10 Å². The number of aromatic nitrogens is 1. The number of carbonyl (C=O) groups excluding carboxylic acids is 1. The van der Waals surface area contributed by atoms with Crippen molar-refractivity contribution in [3.05, 3.63) is 59.4 Å². The summed E-state index contributed by atoms with van der Waals surface area (Å²) in [7, 11) is 0. The lowest BCUT2D eigenvalue weighted by Crippen LogP contribution is -2.37. The van der Waals surface area contributed by atoms with Crippen LogP contribution in [-0.4, -0.2) is 46.1 Å². The predicted octanol–water partition coefficient (Wildman–Crippen LogP) is 1.83. The Morgan fingerprint density at radius 3 is 3.04 bits per heavy atom. The van der Waals surface area contributed by atoms with Gasteiger partial charge in [0.25, 0.3) is 0 Å². The maximum Gasteiger partial charge on any atom is 0.217 e. The van der Waals surface area contributed by atoms with Crippen LogP contribution >= 0.6 is 0 Å². The van der Waals surface area contributed by atoms with Crippen molar-refractivity contribution in [1.29, 1.82) is 0 Å². The number of aliphatic hydroxyl groups is 1. The van der Waals surface area contributed by atoms with Gasteiger partial charge >= 0.3 is 0 Å². The summed E-state index contributed by atoms with van der Waals surface area (Å²) >= 11 is 0. The lowest BCUT2D eigenvalue weighted by atomic mass is 10.1. The summed E-state index contributed by atoms with van der Waals surface area (Å²) in [5.41, 5.74) is 3.08. The van der Waals surface area contributed by atoms with Crippen molar-refractivity contribution in [2.45, 2.75) is 44.6 Å². The number of amides is 1. The summed E-state index contributed by atoms with van der Waals surface area (Å²) in [6.45, 7) is 3.61. The van der Waals surface area contributed by atoms with E-state index in [9.17, 15) is 9.90 Å². The van der Waals surface area contributed by atoms with Gasteiger partial charge in [0.15, 0.2) is 0 Å². The fourth-order valence-electron chi connectivity index (χ4n) is 4.07. The first-order chi connectivity index (χ1) is 13.1. The van der Waals surface area contributed by atoms with Crippen LogP contribution in [0.4, 0.5) is 0 Å². The van der Waals surface area contributed by atoms with E-state index in [1.165, 1.54) is 12.5 Å². The van der Waals surface area contributed by atoms with Crippen molar-refractivity contribution in [3.8, 4) is 5.75 Å². The minimum Gasteiger partial charge on any atom is -0.489 e.